The Bertz CT molecular complexity index is 468. The normalized spacial score (nSPS) is 26.1. The second kappa shape index (κ2) is 6.22. The molecule has 0 atom stereocenters. The van der Waals surface area contributed by atoms with Crippen LogP contribution in [0.4, 0.5) is 5.69 Å². The van der Waals surface area contributed by atoms with E-state index < -0.39 is 11.6 Å². The number of carbonyl (C=O) groups excluding carboxylic acids is 1. The van der Waals surface area contributed by atoms with Crippen molar-refractivity contribution in [3.8, 4) is 0 Å². The predicted molar refractivity (Wildman–Crippen MR) is 76.6 cm³/mol. The molecule has 1 saturated carbocycles. The summed E-state index contributed by atoms with van der Waals surface area (Å²) in [5.41, 5.74) is 0.385. The Morgan fingerprint density at radius 1 is 1.55 bits per heavy atom. The van der Waals surface area contributed by atoms with Gasteiger partial charge in [0, 0.05) is 18.4 Å². The fraction of sp³-hybridized carbons (Fsp3) is 0.600. The molecule has 5 nitrogen and oxygen atoms in total. The highest BCUT2D eigenvalue weighted by atomic mass is 16.5. The molecule has 0 aliphatic heterocycles. The number of aromatic nitrogens is 1. The SMILES string of the molecule is COC(=O)c1cc(NCC2(O)CCC(C)CC2)ccn1. The maximum Gasteiger partial charge on any atom is 0.356 e. The molecule has 20 heavy (non-hydrogen) atoms. The Morgan fingerprint density at radius 3 is 2.90 bits per heavy atom. The molecule has 0 spiro atoms. The minimum Gasteiger partial charge on any atom is -0.464 e. The summed E-state index contributed by atoms with van der Waals surface area (Å²) >= 11 is 0. The van der Waals surface area contributed by atoms with Gasteiger partial charge in [-0.05, 0) is 43.7 Å². The zero-order chi connectivity index (χ0) is 14.6. The van der Waals surface area contributed by atoms with E-state index in [0.29, 0.717) is 12.5 Å². The van der Waals surface area contributed by atoms with Crippen LogP contribution in [0.5, 0.6) is 0 Å². The van der Waals surface area contributed by atoms with Crippen LogP contribution >= 0.6 is 0 Å². The molecule has 1 fully saturated rings. The zero-order valence-corrected chi connectivity index (χ0v) is 12.1. The first-order valence-electron chi connectivity index (χ1n) is 7.03. The Labute approximate surface area is 119 Å². The lowest BCUT2D eigenvalue weighted by atomic mass is 9.79. The summed E-state index contributed by atoms with van der Waals surface area (Å²) in [6.07, 6.45) is 5.30. The lowest BCUT2D eigenvalue weighted by Gasteiger charge is -2.35. The molecular weight excluding hydrogens is 256 g/mol. The van der Waals surface area contributed by atoms with E-state index in [1.165, 1.54) is 7.11 Å². The minimum absolute atomic E-state index is 0.266. The van der Waals surface area contributed by atoms with Crippen molar-refractivity contribution in [2.75, 3.05) is 19.0 Å². The Morgan fingerprint density at radius 2 is 2.25 bits per heavy atom. The summed E-state index contributed by atoms with van der Waals surface area (Å²) in [5.74, 6) is 0.237. The van der Waals surface area contributed by atoms with E-state index in [4.69, 9.17) is 0 Å². The highest BCUT2D eigenvalue weighted by Gasteiger charge is 2.31. The lowest BCUT2D eigenvalue weighted by Crippen LogP contribution is -2.40. The molecule has 1 aromatic heterocycles. The highest BCUT2D eigenvalue weighted by Crippen LogP contribution is 2.31. The Hall–Kier alpha value is -1.62. The number of hydrogen-bond donors (Lipinski definition) is 2. The van der Waals surface area contributed by atoms with Crippen molar-refractivity contribution in [2.45, 2.75) is 38.2 Å². The van der Waals surface area contributed by atoms with E-state index in [0.717, 1.165) is 31.4 Å². The summed E-state index contributed by atoms with van der Waals surface area (Å²) < 4.78 is 4.64. The fourth-order valence-corrected chi connectivity index (χ4v) is 2.50. The number of pyridine rings is 1. The lowest BCUT2D eigenvalue weighted by molar-refractivity contribution is 0.00501. The number of aliphatic hydroxyl groups is 1. The van der Waals surface area contributed by atoms with Gasteiger partial charge < -0.3 is 15.2 Å². The third kappa shape index (κ3) is 3.70. The quantitative estimate of drug-likeness (QED) is 0.826. The standard InChI is InChI=1S/C15H22N2O3/c1-11-3-6-15(19,7-4-11)10-17-12-5-8-16-13(9-12)14(18)20-2/h5,8-9,11,19H,3-4,6-7,10H2,1-2H3,(H,16,17). The number of ether oxygens (including phenoxy) is 1. The van der Waals surface area contributed by atoms with Crippen LogP contribution in [0.25, 0.3) is 0 Å². The van der Waals surface area contributed by atoms with Gasteiger partial charge in [-0.1, -0.05) is 6.92 Å². The molecule has 0 amide bonds. The van der Waals surface area contributed by atoms with Gasteiger partial charge in [0.05, 0.1) is 12.7 Å². The molecule has 1 aliphatic carbocycles. The van der Waals surface area contributed by atoms with Crippen molar-refractivity contribution in [1.82, 2.24) is 4.98 Å². The maximum atomic E-state index is 11.4. The van der Waals surface area contributed by atoms with Gasteiger partial charge in [0.2, 0.25) is 0 Å². The Balaban J connectivity index is 1.95. The van der Waals surface area contributed by atoms with E-state index in [9.17, 15) is 9.90 Å². The molecule has 0 radical (unpaired) electrons. The van der Waals surface area contributed by atoms with Gasteiger partial charge in [0.15, 0.2) is 0 Å². The second-order valence-electron chi connectivity index (χ2n) is 5.68. The van der Waals surface area contributed by atoms with Crippen molar-refractivity contribution in [1.29, 1.82) is 0 Å². The predicted octanol–water partition coefficient (Wildman–Crippen LogP) is 2.22. The van der Waals surface area contributed by atoms with Crippen molar-refractivity contribution >= 4 is 11.7 Å². The smallest absolute Gasteiger partial charge is 0.356 e. The van der Waals surface area contributed by atoms with Gasteiger partial charge in [-0.2, -0.15) is 0 Å². The summed E-state index contributed by atoms with van der Waals surface area (Å²) in [7, 11) is 1.33. The molecule has 1 aromatic rings. The van der Waals surface area contributed by atoms with Crippen LogP contribution in [0, 0.1) is 5.92 Å². The van der Waals surface area contributed by atoms with E-state index in [1.54, 1.807) is 18.3 Å². The fourth-order valence-electron chi connectivity index (χ4n) is 2.50. The van der Waals surface area contributed by atoms with Crippen LogP contribution in [0.3, 0.4) is 0 Å². The van der Waals surface area contributed by atoms with Gasteiger partial charge in [-0.25, -0.2) is 9.78 Å². The van der Waals surface area contributed by atoms with E-state index in [2.05, 4.69) is 22.0 Å². The van der Waals surface area contributed by atoms with Crippen LogP contribution < -0.4 is 5.32 Å². The topological polar surface area (TPSA) is 71.5 Å². The van der Waals surface area contributed by atoms with Gasteiger partial charge in [-0.15, -0.1) is 0 Å². The molecule has 2 rings (SSSR count). The van der Waals surface area contributed by atoms with E-state index in [1.807, 2.05) is 0 Å². The number of esters is 1. The van der Waals surface area contributed by atoms with Gasteiger partial charge in [0.1, 0.15) is 5.69 Å². The van der Waals surface area contributed by atoms with Gasteiger partial charge in [-0.3, -0.25) is 0 Å². The van der Waals surface area contributed by atoms with Crippen molar-refractivity contribution in [3.05, 3.63) is 24.0 Å². The third-order valence-electron chi connectivity index (χ3n) is 3.98. The molecule has 0 saturated heterocycles. The number of hydrogen-bond acceptors (Lipinski definition) is 5. The average molecular weight is 278 g/mol. The maximum absolute atomic E-state index is 11.4. The first kappa shape index (κ1) is 14.8. The highest BCUT2D eigenvalue weighted by molar-refractivity contribution is 5.88. The van der Waals surface area contributed by atoms with Crippen LogP contribution in [0.2, 0.25) is 0 Å². The minimum atomic E-state index is -0.652. The number of rotatable bonds is 4. The summed E-state index contributed by atoms with van der Waals surface area (Å²) in [5, 5.41) is 13.7. The first-order chi connectivity index (χ1) is 9.52. The van der Waals surface area contributed by atoms with Gasteiger partial charge in [0.25, 0.3) is 0 Å². The van der Waals surface area contributed by atoms with E-state index in [-0.39, 0.29) is 5.69 Å². The Kier molecular flexibility index (Phi) is 4.60. The number of nitrogens with zero attached hydrogens (tertiary/aromatic N) is 1. The summed E-state index contributed by atoms with van der Waals surface area (Å²) in [6.45, 7) is 2.71. The molecule has 5 heteroatoms. The van der Waals surface area contributed by atoms with Gasteiger partial charge >= 0.3 is 5.97 Å². The first-order valence-corrected chi connectivity index (χ1v) is 7.03. The number of nitrogens with one attached hydrogen (secondary N) is 1. The number of methoxy groups -OCH3 is 1. The second-order valence-corrected chi connectivity index (χ2v) is 5.68. The van der Waals surface area contributed by atoms with Crippen molar-refractivity contribution < 1.29 is 14.6 Å². The molecule has 0 bridgehead atoms. The molecule has 0 aromatic carbocycles. The molecule has 0 unspecified atom stereocenters. The molecule has 110 valence electrons. The van der Waals surface area contributed by atoms with Crippen LogP contribution in [0.15, 0.2) is 18.3 Å². The van der Waals surface area contributed by atoms with Crippen LogP contribution in [-0.4, -0.2) is 35.3 Å². The molecule has 1 heterocycles. The van der Waals surface area contributed by atoms with E-state index >= 15 is 0 Å². The summed E-state index contributed by atoms with van der Waals surface area (Å²) in [6, 6.07) is 3.42. The molecule has 1 aliphatic rings. The number of anilines is 1. The zero-order valence-electron chi connectivity index (χ0n) is 12.1. The average Bonchev–Trinajstić information content (AvgIpc) is 2.48. The van der Waals surface area contributed by atoms with Crippen LogP contribution in [0.1, 0.15) is 43.1 Å². The monoisotopic (exact) mass is 278 g/mol. The largest absolute Gasteiger partial charge is 0.464 e. The summed E-state index contributed by atoms with van der Waals surface area (Å²) in [4.78, 5) is 15.4. The molecule has 2 N–H and O–H groups in total. The van der Waals surface area contributed by atoms with Crippen molar-refractivity contribution in [3.63, 3.8) is 0 Å². The van der Waals surface area contributed by atoms with Crippen molar-refractivity contribution in [2.24, 2.45) is 5.92 Å². The number of carbonyl (C=O) groups is 1. The third-order valence-corrected chi connectivity index (χ3v) is 3.98. The molecular formula is C15H22N2O3. The van der Waals surface area contributed by atoms with Crippen LogP contribution in [-0.2, 0) is 4.74 Å².